The lowest BCUT2D eigenvalue weighted by Crippen LogP contribution is -2.17. The standard InChI is InChI=1S/C8H11F3N4/c1-2-5-3-6(15-12)14-7(13-5)4-8(9,10)11/h3H,2,4,12H2,1H3,(H,13,14,15). The van der Waals surface area contributed by atoms with Crippen molar-refractivity contribution >= 4 is 5.82 Å². The molecule has 0 aromatic carbocycles. The van der Waals surface area contributed by atoms with Gasteiger partial charge in [0, 0.05) is 11.8 Å². The Morgan fingerprint density at radius 2 is 2.07 bits per heavy atom. The quantitative estimate of drug-likeness (QED) is 0.597. The zero-order chi connectivity index (χ0) is 11.5. The minimum Gasteiger partial charge on any atom is -0.308 e. The van der Waals surface area contributed by atoms with Crippen LogP contribution in [-0.2, 0) is 12.8 Å². The molecule has 0 spiro atoms. The average molecular weight is 220 g/mol. The van der Waals surface area contributed by atoms with Crippen molar-refractivity contribution in [2.45, 2.75) is 25.9 Å². The number of rotatable bonds is 3. The highest BCUT2D eigenvalue weighted by Crippen LogP contribution is 2.20. The largest absolute Gasteiger partial charge is 0.396 e. The van der Waals surface area contributed by atoms with Crippen molar-refractivity contribution in [3.8, 4) is 0 Å². The first-order valence-electron chi connectivity index (χ1n) is 4.35. The van der Waals surface area contributed by atoms with Crippen LogP contribution in [0, 0.1) is 0 Å². The molecule has 0 saturated carbocycles. The van der Waals surface area contributed by atoms with Crippen LogP contribution in [-0.4, -0.2) is 16.1 Å². The lowest BCUT2D eigenvalue weighted by atomic mass is 10.3. The minimum absolute atomic E-state index is 0.195. The third-order valence-corrected chi connectivity index (χ3v) is 1.69. The molecule has 0 saturated heterocycles. The van der Waals surface area contributed by atoms with Crippen LogP contribution in [0.1, 0.15) is 18.4 Å². The van der Waals surface area contributed by atoms with E-state index in [1.165, 1.54) is 6.07 Å². The van der Waals surface area contributed by atoms with Crippen molar-refractivity contribution < 1.29 is 13.2 Å². The van der Waals surface area contributed by atoms with Crippen molar-refractivity contribution in [2.24, 2.45) is 5.84 Å². The number of nitrogens with one attached hydrogen (secondary N) is 1. The fraction of sp³-hybridized carbons (Fsp3) is 0.500. The Kier molecular flexibility index (Phi) is 3.46. The van der Waals surface area contributed by atoms with Crippen LogP contribution < -0.4 is 11.3 Å². The Morgan fingerprint density at radius 1 is 1.40 bits per heavy atom. The van der Waals surface area contributed by atoms with Gasteiger partial charge in [0.2, 0.25) is 0 Å². The molecule has 0 radical (unpaired) electrons. The molecular weight excluding hydrogens is 209 g/mol. The molecule has 0 amide bonds. The summed E-state index contributed by atoms with van der Waals surface area (Å²) >= 11 is 0. The monoisotopic (exact) mass is 220 g/mol. The van der Waals surface area contributed by atoms with Crippen LogP contribution in [0.3, 0.4) is 0 Å². The number of hydrazine groups is 1. The summed E-state index contributed by atoms with van der Waals surface area (Å²) < 4.78 is 36.2. The maximum absolute atomic E-state index is 12.1. The lowest BCUT2D eigenvalue weighted by Gasteiger charge is -2.08. The topological polar surface area (TPSA) is 63.8 Å². The van der Waals surface area contributed by atoms with E-state index < -0.39 is 12.6 Å². The van der Waals surface area contributed by atoms with E-state index in [0.29, 0.717) is 12.1 Å². The first kappa shape index (κ1) is 11.7. The summed E-state index contributed by atoms with van der Waals surface area (Å²) in [7, 11) is 0. The second kappa shape index (κ2) is 4.43. The van der Waals surface area contributed by atoms with Crippen LogP contribution in [0.5, 0.6) is 0 Å². The molecule has 1 aromatic heterocycles. The van der Waals surface area contributed by atoms with E-state index in [4.69, 9.17) is 5.84 Å². The van der Waals surface area contributed by atoms with Gasteiger partial charge in [-0.15, -0.1) is 0 Å². The number of hydrogen-bond acceptors (Lipinski definition) is 4. The maximum atomic E-state index is 12.1. The number of halogens is 3. The molecule has 0 aliphatic heterocycles. The number of nitrogens with zero attached hydrogens (tertiary/aromatic N) is 2. The molecule has 1 rings (SSSR count). The van der Waals surface area contributed by atoms with Crippen LogP contribution in [0.25, 0.3) is 0 Å². The zero-order valence-electron chi connectivity index (χ0n) is 8.10. The van der Waals surface area contributed by atoms with E-state index in [1.54, 1.807) is 6.92 Å². The van der Waals surface area contributed by atoms with Gasteiger partial charge < -0.3 is 5.43 Å². The van der Waals surface area contributed by atoms with E-state index in [0.717, 1.165) is 0 Å². The number of aryl methyl sites for hydroxylation is 1. The van der Waals surface area contributed by atoms with Crippen molar-refractivity contribution in [3.63, 3.8) is 0 Å². The van der Waals surface area contributed by atoms with Gasteiger partial charge in [0.1, 0.15) is 18.1 Å². The third-order valence-electron chi connectivity index (χ3n) is 1.69. The van der Waals surface area contributed by atoms with E-state index in [1.807, 2.05) is 0 Å². The summed E-state index contributed by atoms with van der Waals surface area (Å²) in [6.07, 6.45) is -4.92. The summed E-state index contributed by atoms with van der Waals surface area (Å²) in [6.45, 7) is 1.79. The molecule has 0 bridgehead atoms. The first-order valence-corrected chi connectivity index (χ1v) is 4.35. The Hall–Kier alpha value is -1.37. The normalized spacial score (nSPS) is 11.5. The van der Waals surface area contributed by atoms with E-state index in [9.17, 15) is 13.2 Å². The SMILES string of the molecule is CCc1cc(NN)nc(CC(F)(F)F)n1. The van der Waals surface area contributed by atoms with Gasteiger partial charge in [-0.3, -0.25) is 0 Å². The molecule has 0 unspecified atom stereocenters. The van der Waals surface area contributed by atoms with Crippen molar-refractivity contribution in [3.05, 3.63) is 17.6 Å². The number of anilines is 1. The number of alkyl halides is 3. The van der Waals surface area contributed by atoms with Crippen LogP contribution >= 0.6 is 0 Å². The molecule has 1 aromatic rings. The molecule has 3 N–H and O–H groups in total. The molecule has 0 atom stereocenters. The summed E-state index contributed by atoms with van der Waals surface area (Å²) in [6, 6.07) is 1.51. The van der Waals surface area contributed by atoms with Crippen molar-refractivity contribution in [1.29, 1.82) is 0 Å². The molecule has 0 fully saturated rings. The van der Waals surface area contributed by atoms with E-state index >= 15 is 0 Å². The minimum atomic E-state index is -4.31. The smallest absolute Gasteiger partial charge is 0.308 e. The highest BCUT2D eigenvalue weighted by atomic mass is 19.4. The molecular formula is C8H11F3N4. The fourth-order valence-corrected chi connectivity index (χ4v) is 1.07. The second-order valence-electron chi connectivity index (χ2n) is 2.95. The molecule has 4 nitrogen and oxygen atoms in total. The van der Waals surface area contributed by atoms with Crippen LogP contribution in [0.15, 0.2) is 6.07 Å². The molecule has 0 aliphatic rings. The van der Waals surface area contributed by atoms with Gasteiger partial charge in [0.15, 0.2) is 0 Å². The summed E-state index contributed by atoms with van der Waals surface area (Å²) in [5, 5.41) is 0. The predicted octanol–water partition coefficient (Wildman–Crippen LogP) is 1.43. The summed E-state index contributed by atoms with van der Waals surface area (Å²) in [5.74, 6) is 5.01. The van der Waals surface area contributed by atoms with Gasteiger partial charge in [-0.05, 0) is 6.42 Å². The summed E-state index contributed by atoms with van der Waals surface area (Å²) in [5.41, 5.74) is 2.73. The number of nitrogen functional groups attached to an aromatic ring is 1. The van der Waals surface area contributed by atoms with Gasteiger partial charge in [-0.25, -0.2) is 15.8 Å². The van der Waals surface area contributed by atoms with Crippen LogP contribution in [0.2, 0.25) is 0 Å². The Bertz CT molecular complexity index is 315. The molecule has 84 valence electrons. The first-order chi connectivity index (χ1) is 6.94. The van der Waals surface area contributed by atoms with Crippen LogP contribution in [0.4, 0.5) is 19.0 Å². The number of nitrogens with two attached hydrogens (primary N) is 1. The predicted molar refractivity (Wildman–Crippen MR) is 49.0 cm³/mol. The number of hydrogen-bond donors (Lipinski definition) is 2. The van der Waals surface area contributed by atoms with Gasteiger partial charge in [0.05, 0.1) is 0 Å². The summed E-state index contributed by atoms with van der Waals surface area (Å²) in [4.78, 5) is 7.38. The number of aromatic nitrogens is 2. The van der Waals surface area contributed by atoms with Gasteiger partial charge in [0.25, 0.3) is 0 Å². The highest BCUT2D eigenvalue weighted by Gasteiger charge is 2.29. The van der Waals surface area contributed by atoms with Gasteiger partial charge in [-0.2, -0.15) is 13.2 Å². The molecule has 15 heavy (non-hydrogen) atoms. The van der Waals surface area contributed by atoms with Crippen molar-refractivity contribution in [1.82, 2.24) is 9.97 Å². The maximum Gasteiger partial charge on any atom is 0.396 e. The Balaban J connectivity index is 2.97. The molecule has 1 heterocycles. The molecule has 7 heteroatoms. The fourth-order valence-electron chi connectivity index (χ4n) is 1.07. The van der Waals surface area contributed by atoms with E-state index in [2.05, 4.69) is 15.4 Å². The lowest BCUT2D eigenvalue weighted by molar-refractivity contribution is -0.128. The zero-order valence-corrected chi connectivity index (χ0v) is 8.10. The average Bonchev–Trinajstić information content (AvgIpc) is 2.14. The third kappa shape index (κ3) is 3.70. The molecule has 0 aliphatic carbocycles. The van der Waals surface area contributed by atoms with Crippen molar-refractivity contribution in [2.75, 3.05) is 5.43 Å². The van der Waals surface area contributed by atoms with Gasteiger partial charge in [-0.1, -0.05) is 6.92 Å². The Morgan fingerprint density at radius 3 is 2.53 bits per heavy atom. The van der Waals surface area contributed by atoms with E-state index in [-0.39, 0.29) is 11.6 Å². The second-order valence-corrected chi connectivity index (χ2v) is 2.95. The highest BCUT2D eigenvalue weighted by molar-refractivity contribution is 5.34. The Labute approximate surface area is 84.7 Å². The van der Waals surface area contributed by atoms with Gasteiger partial charge >= 0.3 is 6.18 Å².